The minimum atomic E-state index is -3.58. The third-order valence-corrected chi connectivity index (χ3v) is 6.92. The molecule has 5 heteroatoms. The number of rotatable bonds is 4. The van der Waals surface area contributed by atoms with Crippen LogP contribution >= 0.6 is 0 Å². The fraction of sp³-hybridized carbons (Fsp3) is 0.625. The summed E-state index contributed by atoms with van der Waals surface area (Å²) in [6, 6.07) is 3.75. The Morgan fingerprint density at radius 2 is 2.05 bits per heavy atom. The number of sulfonamides is 1. The molecule has 4 atom stereocenters. The van der Waals surface area contributed by atoms with Gasteiger partial charge in [-0.05, 0) is 74.6 Å². The van der Waals surface area contributed by atoms with Gasteiger partial charge < -0.3 is 0 Å². The molecule has 0 amide bonds. The summed E-state index contributed by atoms with van der Waals surface area (Å²) >= 11 is 0. The van der Waals surface area contributed by atoms with Gasteiger partial charge in [0.15, 0.2) is 0 Å². The molecule has 0 heterocycles. The number of aryl methyl sites for hydroxylation is 1. The summed E-state index contributed by atoms with van der Waals surface area (Å²) in [5.41, 5.74) is 0.447. The number of hydrogen-bond acceptors (Lipinski definition) is 2. The van der Waals surface area contributed by atoms with E-state index in [-0.39, 0.29) is 10.9 Å². The van der Waals surface area contributed by atoms with Gasteiger partial charge in [-0.1, -0.05) is 6.42 Å². The number of halogens is 1. The van der Waals surface area contributed by atoms with Crippen LogP contribution in [0, 0.1) is 30.5 Å². The third-order valence-electron chi connectivity index (χ3n) is 5.20. The maximum atomic E-state index is 13.1. The topological polar surface area (TPSA) is 46.2 Å². The molecule has 0 unspecified atom stereocenters. The van der Waals surface area contributed by atoms with Gasteiger partial charge in [0.1, 0.15) is 5.82 Å². The lowest BCUT2D eigenvalue weighted by molar-refractivity contribution is 0.280. The maximum Gasteiger partial charge on any atom is 0.241 e. The van der Waals surface area contributed by atoms with Crippen molar-refractivity contribution in [2.75, 3.05) is 0 Å². The van der Waals surface area contributed by atoms with Crippen molar-refractivity contribution in [1.82, 2.24) is 4.72 Å². The first-order valence-electron chi connectivity index (χ1n) is 7.65. The van der Waals surface area contributed by atoms with Gasteiger partial charge in [0, 0.05) is 6.04 Å². The molecule has 1 N–H and O–H groups in total. The maximum absolute atomic E-state index is 13.1. The van der Waals surface area contributed by atoms with E-state index in [0.717, 1.165) is 12.3 Å². The lowest BCUT2D eigenvalue weighted by Crippen LogP contribution is -2.40. The molecule has 0 saturated heterocycles. The van der Waals surface area contributed by atoms with E-state index in [1.54, 1.807) is 6.92 Å². The predicted molar refractivity (Wildman–Crippen MR) is 79.9 cm³/mol. The van der Waals surface area contributed by atoms with Gasteiger partial charge in [0.05, 0.1) is 4.90 Å². The van der Waals surface area contributed by atoms with Gasteiger partial charge in [-0.2, -0.15) is 0 Å². The molecule has 21 heavy (non-hydrogen) atoms. The first-order valence-corrected chi connectivity index (χ1v) is 9.13. The Morgan fingerprint density at radius 3 is 2.62 bits per heavy atom. The van der Waals surface area contributed by atoms with Crippen LogP contribution in [0.25, 0.3) is 0 Å². The van der Waals surface area contributed by atoms with Crippen LogP contribution in [-0.4, -0.2) is 14.5 Å². The number of fused-ring (bicyclic) bond motifs is 2. The summed E-state index contributed by atoms with van der Waals surface area (Å²) in [6.45, 7) is 3.58. The molecular weight excluding hydrogens is 289 g/mol. The van der Waals surface area contributed by atoms with Crippen molar-refractivity contribution in [2.24, 2.45) is 17.8 Å². The summed E-state index contributed by atoms with van der Waals surface area (Å²) in [6.07, 6.45) is 4.93. The molecule has 2 fully saturated rings. The highest BCUT2D eigenvalue weighted by Gasteiger charge is 2.42. The van der Waals surface area contributed by atoms with Crippen LogP contribution < -0.4 is 4.72 Å². The highest BCUT2D eigenvalue weighted by molar-refractivity contribution is 7.89. The molecule has 116 valence electrons. The van der Waals surface area contributed by atoms with Gasteiger partial charge >= 0.3 is 0 Å². The van der Waals surface area contributed by atoms with Crippen molar-refractivity contribution < 1.29 is 12.8 Å². The molecule has 0 aliphatic heterocycles. The normalized spacial score (nSPS) is 29.8. The van der Waals surface area contributed by atoms with Gasteiger partial charge in [-0.3, -0.25) is 0 Å². The second kappa shape index (κ2) is 5.36. The van der Waals surface area contributed by atoms with Crippen LogP contribution in [0.1, 0.15) is 38.2 Å². The quantitative estimate of drug-likeness (QED) is 0.928. The summed E-state index contributed by atoms with van der Waals surface area (Å²) < 4.78 is 40.9. The minimum Gasteiger partial charge on any atom is -0.208 e. The second-order valence-corrected chi connectivity index (χ2v) is 8.34. The Hall–Kier alpha value is -0.940. The monoisotopic (exact) mass is 311 g/mol. The molecule has 1 aromatic carbocycles. The fourth-order valence-electron chi connectivity index (χ4n) is 4.22. The van der Waals surface area contributed by atoms with Crippen molar-refractivity contribution in [3.05, 3.63) is 29.6 Å². The van der Waals surface area contributed by atoms with E-state index in [2.05, 4.69) is 4.72 Å². The van der Waals surface area contributed by atoms with Crippen molar-refractivity contribution in [3.63, 3.8) is 0 Å². The second-order valence-electron chi connectivity index (χ2n) is 6.66. The Labute approximate surface area is 126 Å². The van der Waals surface area contributed by atoms with E-state index in [9.17, 15) is 12.8 Å². The van der Waals surface area contributed by atoms with Gasteiger partial charge in [-0.15, -0.1) is 0 Å². The summed E-state index contributed by atoms with van der Waals surface area (Å²) in [5.74, 6) is 1.49. The Balaban J connectivity index is 1.76. The van der Waals surface area contributed by atoms with Crippen LogP contribution in [-0.2, 0) is 10.0 Å². The first kappa shape index (κ1) is 15.0. The van der Waals surface area contributed by atoms with E-state index in [1.807, 2.05) is 6.92 Å². The summed E-state index contributed by atoms with van der Waals surface area (Å²) in [7, 11) is -3.58. The molecule has 0 aromatic heterocycles. The van der Waals surface area contributed by atoms with Crippen LogP contribution in [0.15, 0.2) is 23.1 Å². The minimum absolute atomic E-state index is 0.0604. The molecular formula is C16H22FNO2S. The lowest BCUT2D eigenvalue weighted by atomic mass is 9.84. The van der Waals surface area contributed by atoms with Crippen LogP contribution in [0.5, 0.6) is 0 Å². The molecule has 2 aliphatic carbocycles. The Bertz CT molecular complexity index is 644. The molecule has 3 rings (SSSR count). The van der Waals surface area contributed by atoms with Crippen molar-refractivity contribution in [1.29, 1.82) is 0 Å². The zero-order valence-corrected chi connectivity index (χ0v) is 13.3. The fourth-order valence-corrected chi connectivity index (χ4v) is 5.74. The van der Waals surface area contributed by atoms with E-state index >= 15 is 0 Å². The van der Waals surface area contributed by atoms with Crippen LogP contribution in [0.2, 0.25) is 0 Å². The number of nitrogens with one attached hydrogen (secondary N) is 1. The van der Waals surface area contributed by atoms with Crippen molar-refractivity contribution in [3.8, 4) is 0 Å². The SMILES string of the molecule is Cc1cc(F)ccc1S(=O)(=O)N[C@@H](C)[C@H]1C[C@H]2CC[C@H]1C2. The van der Waals surface area contributed by atoms with Crippen LogP contribution in [0.3, 0.4) is 0 Å². The summed E-state index contributed by atoms with van der Waals surface area (Å²) in [4.78, 5) is 0.180. The first-order chi connectivity index (χ1) is 9.87. The average Bonchev–Trinajstić information content (AvgIpc) is 2.99. The third kappa shape index (κ3) is 2.86. The lowest BCUT2D eigenvalue weighted by Gasteiger charge is -2.28. The molecule has 1 aromatic rings. The molecule has 2 bridgehead atoms. The average molecular weight is 311 g/mol. The van der Waals surface area contributed by atoms with Crippen molar-refractivity contribution >= 4 is 10.0 Å². The molecule has 2 saturated carbocycles. The van der Waals surface area contributed by atoms with Crippen molar-refractivity contribution in [2.45, 2.75) is 50.5 Å². The molecule has 0 spiro atoms. The summed E-state index contributed by atoms with van der Waals surface area (Å²) in [5, 5.41) is 0. The van der Waals surface area contributed by atoms with Gasteiger partial charge in [0.25, 0.3) is 0 Å². The highest BCUT2D eigenvalue weighted by Crippen LogP contribution is 2.49. The number of hydrogen-bond donors (Lipinski definition) is 1. The Morgan fingerprint density at radius 1 is 1.29 bits per heavy atom. The number of benzene rings is 1. The smallest absolute Gasteiger partial charge is 0.208 e. The van der Waals surface area contributed by atoms with E-state index in [4.69, 9.17) is 0 Å². The van der Waals surface area contributed by atoms with Crippen LogP contribution in [0.4, 0.5) is 4.39 Å². The molecule has 3 nitrogen and oxygen atoms in total. The van der Waals surface area contributed by atoms with Gasteiger partial charge in [0.2, 0.25) is 10.0 Å². The van der Waals surface area contributed by atoms with Gasteiger partial charge in [-0.25, -0.2) is 17.5 Å². The van der Waals surface area contributed by atoms with E-state index in [0.29, 0.717) is 17.4 Å². The Kier molecular flexibility index (Phi) is 3.82. The zero-order valence-electron chi connectivity index (χ0n) is 12.5. The predicted octanol–water partition coefficient (Wildman–Crippen LogP) is 3.24. The molecule has 0 radical (unpaired) electrons. The highest BCUT2D eigenvalue weighted by atomic mass is 32.2. The van der Waals surface area contributed by atoms with E-state index < -0.39 is 15.8 Å². The van der Waals surface area contributed by atoms with E-state index in [1.165, 1.54) is 37.5 Å². The zero-order chi connectivity index (χ0) is 15.2. The standard InChI is InChI=1S/C16H22FNO2S/c1-10-7-14(17)5-6-16(10)21(19,20)18-11(2)15-9-12-3-4-13(15)8-12/h5-7,11-13,15,18H,3-4,8-9H2,1-2H3/t11-,12-,13-,15+/m0/s1. The largest absolute Gasteiger partial charge is 0.241 e. The molecule has 2 aliphatic rings.